The van der Waals surface area contributed by atoms with Gasteiger partial charge < -0.3 is 20.1 Å². The van der Waals surface area contributed by atoms with E-state index in [1.807, 2.05) is 13.8 Å². The van der Waals surface area contributed by atoms with Crippen molar-refractivity contribution in [2.24, 2.45) is 23.2 Å². The number of esters is 1. The number of ether oxygens (including phenoxy) is 2. The quantitative estimate of drug-likeness (QED) is 0.552. The molecule has 5 fully saturated rings. The van der Waals surface area contributed by atoms with Gasteiger partial charge in [-0.3, -0.25) is 9.59 Å². The SMILES string of the molecule is C1NC2CC1C2.CC.C[C@@H]1CNCC1C(=O)OCC1(COC=O)CCC1. The Balaban J connectivity index is 0.000000249. The summed E-state index contributed by atoms with van der Waals surface area (Å²) in [4.78, 5) is 22.2. The Kier molecular flexibility index (Phi) is 8.35. The van der Waals surface area contributed by atoms with Gasteiger partial charge in [-0.2, -0.15) is 0 Å². The Morgan fingerprint density at radius 2 is 1.88 bits per heavy atom. The highest BCUT2D eigenvalue weighted by Crippen LogP contribution is 2.41. The molecule has 2 aliphatic carbocycles. The van der Waals surface area contributed by atoms with Crippen LogP contribution in [0.5, 0.6) is 0 Å². The van der Waals surface area contributed by atoms with Crippen LogP contribution in [0.2, 0.25) is 0 Å². The zero-order valence-corrected chi connectivity index (χ0v) is 16.6. The lowest BCUT2D eigenvalue weighted by atomic mass is 9.70. The largest absolute Gasteiger partial charge is 0.467 e. The molecular weight excluding hydrogens is 332 g/mol. The van der Waals surface area contributed by atoms with E-state index in [1.165, 1.54) is 19.4 Å². The van der Waals surface area contributed by atoms with Crippen molar-refractivity contribution in [1.82, 2.24) is 10.6 Å². The zero-order valence-electron chi connectivity index (χ0n) is 16.6. The first-order chi connectivity index (χ1) is 12.6. The first-order valence-electron chi connectivity index (χ1n) is 10.3. The number of carbonyl (C=O) groups excluding carboxylic acids is 2. The lowest BCUT2D eigenvalue weighted by Gasteiger charge is -2.40. The molecule has 3 saturated heterocycles. The summed E-state index contributed by atoms with van der Waals surface area (Å²) in [6, 6.07) is 0.940. The number of nitrogens with one attached hydrogen (secondary N) is 2. The van der Waals surface area contributed by atoms with Crippen molar-refractivity contribution >= 4 is 12.4 Å². The van der Waals surface area contributed by atoms with Crippen LogP contribution in [0.3, 0.4) is 0 Å². The maximum Gasteiger partial charge on any atom is 0.310 e. The molecule has 6 nitrogen and oxygen atoms in total. The van der Waals surface area contributed by atoms with Crippen LogP contribution in [0.1, 0.15) is 52.9 Å². The fourth-order valence-electron chi connectivity index (χ4n) is 4.08. The lowest BCUT2D eigenvalue weighted by molar-refractivity contribution is -0.158. The Hall–Kier alpha value is -1.14. The highest BCUT2D eigenvalue weighted by Gasteiger charge is 2.40. The van der Waals surface area contributed by atoms with Crippen molar-refractivity contribution in [2.45, 2.75) is 58.9 Å². The molecule has 0 aromatic rings. The lowest BCUT2D eigenvalue weighted by Crippen LogP contribution is -2.40. The molecular formula is C20H36N2O4. The molecule has 26 heavy (non-hydrogen) atoms. The smallest absolute Gasteiger partial charge is 0.310 e. The summed E-state index contributed by atoms with van der Waals surface area (Å²) in [5.74, 6) is 1.26. The zero-order chi connectivity index (χ0) is 19.0. The van der Waals surface area contributed by atoms with E-state index in [1.54, 1.807) is 0 Å². The predicted octanol–water partition coefficient (Wildman–Crippen LogP) is 2.12. The number of fused-ring (bicyclic) bond motifs is 1. The Labute approximate surface area is 157 Å². The van der Waals surface area contributed by atoms with Crippen molar-refractivity contribution in [2.75, 3.05) is 32.8 Å². The highest BCUT2D eigenvalue weighted by molar-refractivity contribution is 5.73. The topological polar surface area (TPSA) is 76.7 Å². The molecule has 5 aliphatic rings. The maximum atomic E-state index is 11.9. The third-order valence-corrected chi connectivity index (χ3v) is 6.14. The van der Waals surface area contributed by atoms with Crippen molar-refractivity contribution in [3.05, 3.63) is 0 Å². The first kappa shape index (κ1) is 21.2. The van der Waals surface area contributed by atoms with Gasteiger partial charge in [-0.1, -0.05) is 27.2 Å². The molecule has 0 aromatic heterocycles. The third kappa shape index (κ3) is 5.43. The molecule has 0 radical (unpaired) electrons. The third-order valence-electron chi connectivity index (χ3n) is 6.14. The number of hydrogen-bond donors (Lipinski definition) is 2. The van der Waals surface area contributed by atoms with Gasteiger partial charge in [-0.25, -0.2) is 0 Å². The van der Waals surface area contributed by atoms with Crippen molar-refractivity contribution in [1.29, 1.82) is 0 Å². The van der Waals surface area contributed by atoms with E-state index in [4.69, 9.17) is 9.47 Å². The highest BCUT2D eigenvalue weighted by atomic mass is 16.5. The summed E-state index contributed by atoms with van der Waals surface area (Å²) in [6.07, 6.45) is 5.99. The maximum absolute atomic E-state index is 11.9. The molecule has 150 valence electrons. The van der Waals surface area contributed by atoms with Gasteiger partial charge in [0.25, 0.3) is 6.47 Å². The fraction of sp³-hybridized carbons (Fsp3) is 0.900. The van der Waals surface area contributed by atoms with Crippen LogP contribution in [-0.4, -0.2) is 51.3 Å². The van der Waals surface area contributed by atoms with Crippen molar-refractivity contribution in [3.8, 4) is 0 Å². The summed E-state index contributed by atoms with van der Waals surface area (Å²) >= 11 is 0. The van der Waals surface area contributed by atoms with Crippen LogP contribution >= 0.6 is 0 Å². The predicted molar refractivity (Wildman–Crippen MR) is 101 cm³/mol. The monoisotopic (exact) mass is 368 g/mol. The molecule has 0 amide bonds. The number of hydrogen-bond acceptors (Lipinski definition) is 6. The molecule has 1 unspecified atom stereocenters. The average molecular weight is 369 g/mol. The van der Waals surface area contributed by atoms with Crippen LogP contribution in [0.15, 0.2) is 0 Å². The second-order valence-corrected chi connectivity index (χ2v) is 8.05. The molecule has 2 N–H and O–H groups in total. The van der Waals surface area contributed by atoms with E-state index in [-0.39, 0.29) is 17.3 Å². The van der Waals surface area contributed by atoms with Crippen LogP contribution in [0.4, 0.5) is 0 Å². The summed E-state index contributed by atoms with van der Waals surface area (Å²) in [7, 11) is 0. The van der Waals surface area contributed by atoms with Gasteiger partial charge in [-0.15, -0.1) is 0 Å². The number of rotatable bonds is 6. The standard InChI is InChI=1S/C13H21NO4.C5H9N.C2H6/c1-10-5-14-6-11(10)12(16)18-8-13(3-2-4-13)7-17-9-15;1-4-2-5(1)6-3-4;1-2/h9-11,14H,2-8H2,1H3;4-6H,1-3H2;1-2H3/t10-,11?;;/m1../s1. The summed E-state index contributed by atoms with van der Waals surface area (Å²) in [6.45, 7) is 10.2. The van der Waals surface area contributed by atoms with E-state index in [9.17, 15) is 9.59 Å². The van der Waals surface area contributed by atoms with Crippen LogP contribution in [0.25, 0.3) is 0 Å². The van der Waals surface area contributed by atoms with Crippen LogP contribution < -0.4 is 10.6 Å². The van der Waals surface area contributed by atoms with Crippen molar-refractivity contribution in [3.63, 3.8) is 0 Å². The van der Waals surface area contributed by atoms with Gasteiger partial charge in [0.1, 0.15) is 6.61 Å². The molecule has 0 aromatic carbocycles. The fourth-order valence-corrected chi connectivity index (χ4v) is 4.08. The Morgan fingerprint density at radius 1 is 1.15 bits per heavy atom. The van der Waals surface area contributed by atoms with Gasteiger partial charge in [0, 0.05) is 18.0 Å². The average Bonchev–Trinajstić information content (AvgIpc) is 3.33. The van der Waals surface area contributed by atoms with Gasteiger partial charge >= 0.3 is 5.97 Å². The minimum atomic E-state index is -0.120. The second kappa shape index (κ2) is 10.3. The molecule has 5 rings (SSSR count). The van der Waals surface area contributed by atoms with Gasteiger partial charge in [0.05, 0.1) is 12.5 Å². The molecule has 0 spiro atoms. The second-order valence-electron chi connectivity index (χ2n) is 8.05. The van der Waals surface area contributed by atoms with Crippen molar-refractivity contribution < 1.29 is 19.1 Å². The van der Waals surface area contributed by atoms with E-state index < -0.39 is 0 Å². The first-order valence-corrected chi connectivity index (χ1v) is 10.3. The van der Waals surface area contributed by atoms with Gasteiger partial charge in [0.15, 0.2) is 0 Å². The van der Waals surface area contributed by atoms with Gasteiger partial charge in [0.2, 0.25) is 0 Å². The molecule has 2 atom stereocenters. The molecule has 6 heteroatoms. The van der Waals surface area contributed by atoms with Gasteiger partial charge in [-0.05, 0) is 50.6 Å². The van der Waals surface area contributed by atoms with E-state index in [0.717, 1.165) is 37.8 Å². The van der Waals surface area contributed by atoms with Crippen LogP contribution in [0, 0.1) is 23.2 Å². The Morgan fingerprint density at radius 3 is 2.27 bits per heavy atom. The number of carbonyl (C=O) groups is 2. The molecule has 3 aliphatic heterocycles. The minimum Gasteiger partial charge on any atom is -0.467 e. The summed E-state index contributed by atoms with van der Waals surface area (Å²) < 4.78 is 10.3. The van der Waals surface area contributed by atoms with E-state index in [2.05, 4.69) is 17.6 Å². The summed E-state index contributed by atoms with van der Waals surface area (Å²) in [5.41, 5.74) is -0.119. The Bertz CT molecular complexity index is 434. The molecule has 2 bridgehead atoms. The summed E-state index contributed by atoms with van der Waals surface area (Å²) in [5, 5.41) is 6.58. The van der Waals surface area contributed by atoms with E-state index >= 15 is 0 Å². The normalized spacial score (nSPS) is 32.6. The minimum absolute atomic E-state index is 0.0332. The molecule has 2 saturated carbocycles. The van der Waals surface area contributed by atoms with Crippen LogP contribution in [-0.2, 0) is 19.1 Å². The molecule has 3 heterocycles. The van der Waals surface area contributed by atoms with E-state index in [0.29, 0.717) is 32.1 Å².